The van der Waals surface area contributed by atoms with E-state index in [4.69, 9.17) is 0 Å². The maximum atomic E-state index is 4.25. The summed E-state index contributed by atoms with van der Waals surface area (Å²) in [5, 5.41) is 3.23. The van der Waals surface area contributed by atoms with E-state index in [1.54, 1.807) is 6.20 Å². The van der Waals surface area contributed by atoms with Crippen molar-refractivity contribution in [2.45, 2.75) is 19.8 Å². The fourth-order valence-corrected chi connectivity index (χ4v) is 1.09. The fourth-order valence-electron chi connectivity index (χ4n) is 1.09. The highest BCUT2D eigenvalue weighted by atomic mass is 15.1. The molecular formula is C9H13N3. The average molecular weight is 163 g/mol. The van der Waals surface area contributed by atoms with Crippen LogP contribution in [0.4, 0.5) is 5.95 Å². The summed E-state index contributed by atoms with van der Waals surface area (Å²) in [7, 11) is 0. The molecule has 1 aromatic rings. The molecule has 1 fully saturated rings. The van der Waals surface area contributed by atoms with Crippen molar-refractivity contribution in [3.05, 3.63) is 18.0 Å². The van der Waals surface area contributed by atoms with Crippen molar-refractivity contribution < 1.29 is 0 Å². The second-order valence-corrected chi connectivity index (χ2v) is 3.35. The van der Waals surface area contributed by atoms with E-state index in [-0.39, 0.29) is 0 Å². The lowest BCUT2D eigenvalue weighted by atomic mass is 10.4. The largest absolute Gasteiger partial charge is 0.354 e. The third-order valence-electron chi connectivity index (χ3n) is 2.04. The molecule has 64 valence electrons. The number of nitrogens with zero attached hydrogens (tertiary/aromatic N) is 2. The standard InChI is InChI=1S/C9H13N3/c1-7-4-5-10-9(12-7)11-6-8-2-3-8/h4-5,8H,2-3,6H2,1H3,(H,10,11,12). The van der Waals surface area contributed by atoms with Crippen molar-refractivity contribution in [2.75, 3.05) is 11.9 Å². The lowest BCUT2D eigenvalue weighted by Gasteiger charge is -2.02. The van der Waals surface area contributed by atoms with Gasteiger partial charge in [0.25, 0.3) is 0 Å². The van der Waals surface area contributed by atoms with Gasteiger partial charge in [-0.1, -0.05) is 0 Å². The molecule has 0 bridgehead atoms. The first-order chi connectivity index (χ1) is 5.84. The predicted octanol–water partition coefficient (Wildman–Crippen LogP) is 1.61. The minimum atomic E-state index is 0.766. The summed E-state index contributed by atoms with van der Waals surface area (Å²) in [4.78, 5) is 8.37. The van der Waals surface area contributed by atoms with Crippen LogP contribution in [0.5, 0.6) is 0 Å². The van der Waals surface area contributed by atoms with Gasteiger partial charge >= 0.3 is 0 Å². The first-order valence-corrected chi connectivity index (χ1v) is 4.38. The van der Waals surface area contributed by atoms with Gasteiger partial charge in [-0.2, -0.15) is 0 Å². The smallest absolute Gasteiger partial charge is 0.222 e. The minimum absolute atomic E-state index is 0.766. The summed E-state index contributed by atoms with van der Waals surface area (Å²) < 4.78 is 0. The maximum Gasteiger partial charge on any atom is 0.222 e. The molecule has 0 unspecified atom stereocenters. The lowest BCUT2D eigenvalue weighted by molar-refractivity contribution is 0.871. The molecule has 1 aliphatic carbocycles. The normalized spacial score (nSPS) is 16.1. The van der Waals surface area contributed by atoms with Crippen molar-refractivity contribution >= 4 is 5.95 Å². The van der Waals surface area contributed by atoms with E-state index < -0.39 is 0 Å². The fraction of sp³-hybridized carbons (Fsp3) is 0.556. The van der Waals surface area contributed by atoms with Gasteiger partial charge in [0.1, 0.15) is 0 Å². The van der Waals surface area contributed by atoms with Crippen LogP contribution in [0.3, 0.4) is 0 Å². The van der Waals surface area contributed by atoms with Gasteiger partial charge in [0.05, 0.1) is 0 Å². The number of anilines is 1. The van der Waals surface area contributed by atoms with E-state index in [9.17, 15) is 0 Å². The monoisotopic (exact) mass is 163 g/mol. The summed E-state index contributed by atoms with van der Waals surface area (Å²) >= 11 is 0. The topological polar surface area (TPSA) is 37.8 Å². The molecule has 1 N–H and O–H groups in total. The number of hydrogen-bond donors (Lipinski definition) is 1. The highest BCUT2D eigenvalue weighted by molar-refractivity contribution is 5.24. The van der Waals surface area contributed by atoms with Gasteiger partial charge < -0.3 is 5.32 Å². The molecule has 1 saturated carbocycles. The zero-order chi connectivity index (χ0) is 8.39. The summed E-state index contributed by atoms with van der Waals surface area (Å²) in [5.74, 6) is 1.64. The van der Waals surface area contributed by atoms with E-state index in [0.717, 1.165) is 24.1 Å². The number of hydrogen-bond acceptors (Lipinski definition) is 3. The Morgan fingerprint density at radius 2 is 2.42 bits per heavy atom. The molecular weight excluding hydrogens is 150 g/mol. The number of aryl methyl sites for hydroxylation is 1. The summed E-state index contributed by atoms with van der Waals surface area (Å²) in [6.45, 7) is 3.01. The van der Waals surface area contributed by atoms with Crippen LogP contribution >= 0.6 is 0 Å². The van der Waals surface area contributed by atoms with E-state index >= 15 is 0 Å². The molecule has 0 aromatic carbocycles. The van der Waals surface area contributed by atoms with Gasteiger partial charge in [0.15, 0.2) is 0 Å². The van der Waals surface area contributed by atoms with Crippen molar-refractivity contribution in [3.8, 4) is 0 Å². The van der Waals surface area contributed by atoms with Gasteiger partial charge in [-0.05, 0) is 31.7 Å². The summed E-state index contributed by atoms with van der Waals surface area (Å²) in [5.41, 5.74) is 1.02. The van der Waals surface area contributed by atoms with Gasteiger partial charge in [0, 0.05) is 18.4 Å². The number of rotatable bonds is 3. The molecule has 0 spiro atoms. The molecule has 1 heterocycles. The van der Waals surface area contributed by atoms with Crippen LogP contribution in [0.25, 0.3) is 0 Å². The van der Waals surface area contributed by atoms with Crippen LogP contribution in [-0.4, -0.2) is 16.5 Å². The Morgan fingerprint density at radius 3 is 3.08 bits per heavy atom. The Labute approximate surface area is 72.2 Å². The van der Waals surface area contributed by atoms with E-state index in [2.05, 4.69) is 15.3 Å². The molecule has 0 aliphatic heterocycles. The SMILES string of the molecule is Cc1ccnc(NCC2CC2)n1. The Hall–Kier alpha value is -1.12. The van der Waals surface area contributed by atoms with Crippen LogP contribution < -0.4 is 5.32 Å². The van der Waals surface area contributed by atoms with Gasteiger partial charge in [-0.15, -0.1) is 0 Å². The third-order valence-corrected chi connectivity index (χ3v) is 2.04. The van der Waals surface area contributed by atoms with Crippen molar-refractivity contribution in [3.63, 3.8) is 0 Å². The molecule has 0 radical (unpaired) electrons. The highest BCUT2D eigenvalue weighted by Crippen LogP contribution is 2.28. The Morgan fingerprint density at radius 1 is 1.58 bits per heavy atom. The third kappa shape index (κ3) is 1.94. The number of nitrogens with one attached hydrogen (secondary N) is 1. The van der Waals surface area contributed by atoms with E-state index in [1.165, 1.54) is 12.8 Å². The van der Waals surface area contributed by atoms with Gasteiger partial charge in [-0.25, -0.2) is 9.97 Å². The van der Waals surface area contributed by atoms with Crippen LogP contribution in [-0.2, 0) is 0 Å². The highest BCUT2D eigenvalue weighted by Gasteiger charge is 2.20. The minimum Gasteiger partial charge on any atom is -0.354 e. The maximum absolute atomic E-state index is 4.25. The molecule has 1 aliphatic rings. The molecule has 0 amide bonds. The van der Waals surface area contributed by atoms with Crippen molar-refractivity contribution in [1.29, 1.82) is 0 Å². The molecule has 12 heavy (non-hydrogen) atoms. The average Bonchev–Trinajstić information content (AvgIpc) is 2.84. The first-order valence-electron chi connectivity index (χ1n) is 4.38. The first kappa shape index (κ1) is 7.53. The van der Waals surface area contributed by atoms with Gasteiger partial charge in [-0.3, -0.25) is 0 Å². The van der Waals surface area contributed by atoms with Crippen molar-refractivity contribution in [1.82, 2.24) is 9.97 Å². The Bertz CT molecular complexity index is 268. The zero-order valence-corrected chi connectivity index (χ0v) is 7.25. The Kier molecular flexibility index (Phi) is 1.94. The van der Waals surface area contributed by atoms with E-state index in [1.807, 2.05) is 13.0 Å². The molecule has 3 heteroatoms. The van der Waals surface area contributed by atoms with Crippen molar-refractivity contribution in [2.24, 2.45) is 5.92 Å². The molecule has 3 nitrogen and oxygen atoms in total. The molecule has 2 rings (SSSR count). The predicted molar refractivity (Wildman–Crippen MR) is 48.0 cm³/mol. The summed E-state index contributed by atoms with van der Waals surface area (Å²) in [6.07, 6.45) is 4.51. The molecule has 1 aromatic heterocycles. The zero-order valence-electron chi connectivity index (χ0n) is 7.25. The molecule has 0 atom stereocenters. The van der Waals surface area contributed by atoms with Crippen LogP contribution in [0.15, 0.2) is 12.3 Å². The quantitative estimate of drug-likeness (QED) is 0.735. The molecule has 0 saturated heterocycles. The summed E-state index contributed by atoms with van der Waals surface area (Å²) in [6, 6.07) is 1.91. The van der Waals surface area contributed by atoms with Crippen LogP contribution in [0.2, 0.25) is 0 Å². The Balaban J connectivity index is 1.92. The van der Waals surface area contributed by atoms with Crippen LogP contribution in [0, 0.1) is 12.8 Å². The van der Waals surface area contributed by atoms with Gasteiger partial charge in [0.2, 0.25) is 5.95 Å². The van der Waals surface area contributed by atoms with E-state index in [0.29, 0.717) is 0 Å². The number of aromatic nitrogens is 2. The second-order valence-electron chi connectivity index (χ2n) is 3.35. The lowest BCUT2D eigenvalue weighted by Crippen LogP contribution is -2.06. The second kappa shape index (κ2) is 3.09. The van der Waals surface area contributed by atoms with Crippen LogP contribution in [0.1, 0.15) is 18.5 Å².